The summed E-state index contributed by atoms with van der Waals surface area (Å²) in [4.78, 5) is 35.7. The van der Waals surface area contributed by atoms with Crippen LogP contribution in [0.1, 0.15) is 34.3 Å². The Balaban J connectivity index is 1.64. The molecule has 0 N–H and O–H groups in total. The molecule has 2 aromatic carbocycles. The van der Waals surface area contributed by atoms with E-state index in [2.05, 4.69) is 0 Å². The fourth-order valence-electron chi connectivity index (χ4n) is 2.69. The molecule has 0 spiro atoms. The predicted octanol–water partition coefficient (Wildman–Crippen LogP) is 4.60. The van der Waals surface area contributed by atoms with E-state index in [0.29, 0.717) is 27.1 Å². The fraction of sp³-hybridized carbons (Fsp3) is 0.190. The van der Waals surface area contributed by atoms with Gasteiger partial charge in [-0.1, -0.05) is 11.6 Å². The Hall–Kier alpha value is -2.99. The number of Topliss-reactive ketones (excluding diaryl/α,β-unsaturated/α-hetero) is 1. The van der Waals surface area contributed by atoms with E-state index in [9.17, 15) is 18.8 Å². The van der Waals surface area contributed by atoms with Crippen molar-refractivity contribution in [2.75, 3.05) is 0 Å². The van der Waals surface area contributed by atoms with Gasteiger partial charge in [-0.15, -0.1) is 0 Å². The largest absolute Gasteiger partial charge is 0.461 e. The van der Waals surface area contributed by atoms with Gasteiger partial charge in [0.1, 0.15) is 18.0 Å². The van der Waals surface area contributed by atoms with Crippen molar-refractivity contribution in [2.24, 2.45) is 0 Å². The maximum atomic E-state index is 12.9. The van der Waals surface area contributed by atoms with E-state index in [1.54, 1.807) is 19.1 Å². The molecular formula is C21H16ClFO5. The van der Waals surface area contributed by atoms with E-state index in [1.807, 2.05) is 0 Å². The summed E-state index contributed by atoms with van der Waals surface area (Å²) in [6.45, 7) is 1.64. The molecule has 0 radical (unpaired) electrons. The smallest absolute Gasteiger partial charge is 0.336 e. The third-order valence-electron chi connectivity index (χ3n) is 4.22. The number of esters is 1. The number of rotatable bonds is 6. The highest BCUT2D eigenvalue weighted by Gasteiger charge is 2.13. The van der Waals surface area contributed by atoms with E-state index in [0.717, 1.165) is 5.56 Å². The second kappa shape index (κ2) is 8.35. The van der Waals surface area contributed by atoms with Crippen molar-refractivity contribution in [3.63, 3.8) is 0 Å². The molecule has 7 heteroatoms. The summed E-state index contributed by atoms with van der Waals surface area (Å²) in [5.74, 6) is -1.31. The zero-order valence-corrected chi connectivity index (χ0v) is 15.7. The summed E-state index contributed by atoms with van der Waals surface area (Å²) < 4.78 is 23.2. The molecule has 28 heavy (non-hydrogen) atoms. The van der Waals surface area contributed by atoms with E-state index in [4.69, 9.17) is 20.8 Å². The highest BCUT2D eigenvalue weighted by atomic mass is 35.5. The van der Waals surface area contributed by atoms with Crippen LogP contribution in [-0.2, 0) is 16.1 Å². The monoisotopic (exact) mass is 402 g/mol. The SMILES string of the molecule is Cc1cc2oc(=O)cc(COC(=O)CCC(=O)c3ccc(F)cc3)c2cc1Cl. The maximum Gasteiger partial charge on any atom is 0.336 e. The van der Waals surface area contributed by atoms with Crippen LogP contribution >= 0.6 is 11.6 Å². The zero-order chi connectivity index (χ0) is 20.3. The lowest BCUT2D eigenvalue weighted by atomic mass is 10.1. The molecule has 144 valence electrons. The quantitative estimate of drug-likeness (QED) is 0.342. The molecule has 3 rings (SSSR count). The van der Waals surface area contributed by atoms with E-state index < -0.39 is 17.4 Å². The molecule has 0 aliphatic rings. The molecule has 3 aromatic rings. The number of halogens is 2. The Kier molecular flexibility index (Phi) is 5.90. The highest BCUT2D eigenvalue weighted by molar-refractivity contribution is 6.32. The molecule has 0 saturated heterocycles. The molecule has 0 amide bonds. The first-order valence-corrected chi connectivity index (χ1v) is 8.88. The molecule has 0 aliphatic carbocycles. The number of fused-ring (bicyclic) bond motifs is 1. The minimum atomic E-state index is -0.588. The summed E-state index contributed by atoms with van der Waals surface area (Å²) in [5.41, 5.74) is 1.33. The zero-order valence-electron chi connectivity index (χ0n) is 15.0. The Morgan fingerprint density at radius 3 is 2.54 bits per heavy atom. The fourth-order valence-corrected chi connectivity index (χ4v) is 2.86. The third kappa shape index (κ3) is 4.64. The molecule has 1 aromatic heterocycles. The molecule has 0 fully saturated rings. The molecule has 0 unspecified atom stereocenters. The standard InChI is InChI=1S/C21H16ClFO5/c1-12-8-19-16(10-17(12)22)14(9-21(26)28-19)11-27-20(25)7-6-18(24)13-2-4-15(23)5-3-13/h2-5,8-10H,6-7,11H2,1H3. The normalized spacial score (nSPS) is 10.8. The molecule has 0 saturated carbocycles. The van der Waals surface area contributed by atoms with Crippen LogP contribution in [0.3, 0.4) is 0 Å². The van der Waals surface area contributed by atoms with Crippen molar-refractivity contribution in [2.45, 2.75) is 26.4 Å². The molecule has 0 aliphatic heterocycles. The first-order chi connectivity index (χ1) is 13.3. The number of benzene rings is 2. The first kappa shape index (κ1) is 19.8. The number of carbonyl (C=O) groups excluding carboxylic acids is 2. The second-order valence-corrected chi connectivity index (χ2v) is 6.69. The van der Waals surface area contributed by atoms with Gasteiger partial charge in [-0.05, 0) is 48.9 Å². The number of ketones is 1. The number of hydrogen-bond donors (Lipinski definition) is 0. The lowest BCUT2D eigenvalue weighted by Gasteiger charge is -2.08. The van der Waals surface area contributed by atoms with Crippen molar-refractivity contribution >= 4 is 34.3 Å². The second-order valence-electron chi connectivity index (χ2n) is 6.28. The first-order valence-electron chi connectivity index (χ1n) is 8.51. The van der Waals surface area contributed by atoms with Gasteiger partial charge in [0.15, 0.2) is 5.78 Å². The minimum Gasteiger partial charge on any atom is -0.461 e. The van der Waals surface area contributed by atoms with Gasteiger partial charge in [0.2, 0.25) is 0 Å². The van der Waals surface area contributed by atoms with Crippen molar-refractivity contribution in [3.05, 3.63) is 80.4 Å². The number of ether oxygens (including phenoxy) is 1. The van der Waals surface area contributed by atoms with Crippen molar-refractivity contribution in [1.82, 2.24) is 0 Å². The molecule has 0 atom stereocenters. The summed E-state index contributed by atoms with van der Waals surface area (Å²) in [6.07, 6.45) is -0.192. The Bertz CT molecular complexity index is 1100. The average Bonchev–Trinajstić information content (AvgIpc) is 2.66. The van der Waals surface area contributed by atoms with Gasteiger partial charge in [0, 0.05) is 34.0 Å². The highest BCUT2D eigenvalue weighted by Crippen LogP contribution is 2.25. The van der Waals surface area contributed by atoms with Crippen LogP contribution < -0.4 is 5.63 Å². The van der Waals surface area contributed by atoms with Crippen LogP contribution in [0.4, 0.5) is 4.39 Å². The van der Waals surface area contributed by atoms with Gasteiger partial charge in [-0.3, -0.25) is 9.59 Å². The number of aryl methyl sites for hydroxylation is 1. The topological polar surface area (TPSA) is 73.6 Å². The minimum absolute atomic E-state index is 0.0623. The van der Waals surface area contributed by atoms with E-state index in [-0.39, 0.29) is 25.2 Å². The molecule has 1 heterocycles. The Labute approximate surface area is 164 Å². The summed E-state index contributed by atoms with van der Waals surface area (Å²) in [7, 11) is 0. The van der Waals surface area contributed by atoms with Crippen LogP contribution in [0, 0.1) is 12.7 Å². The van der Waals surface area contributed by atoms with E-state index in [1.165, 1.54) is 30.3 Å². The van der Waals surface area contributed by atoms with Crippen LogP contribution in [-0.4, -0.2) is 11.8 Å². The Morgan fingerprint density at radius 2 is 1.82 bits per heavy atom. The van der Waals surface area contributed by atoms with Crippen molar-refractivity contribution < 1.29 is 23.1 Å². The summed E-state index contributed by atoms with van der Waals surface area (Å²) in [6, 6.07) is 9.64. The van der Waals surface area contributed by atoms with Crippen LogP contribution in [0.2, 0.25) is 5.02 Å². The Morgan fingerprint density at radius 1 is 1.11 bits per heavy atom. The van der Waals surface area contributed by atoms with Gasteiger partial charge >= 0.3 is 11.6 Å². The van der Waals surface area contributed by atoms with E-state index >= 15 is 0 Å². The number of carbonyl (C=O) groups is 2. The lowest BCUT2D eigenvalue weighted by molar-refractivity contribution is -0.144. The van der Waals surface area contributed by atoms with Gasteiger partial charge in [-0.25, -0.2) is 9.18 Å². The van der Waals surface area contributed by atoms with Crippen LogP contribution in [0.5, 0.6) is 0 Å². The number of hydrogen-bond acceptors (Lipinski definition) is 5. The summed E-state index contributed by atoms with van der Waals surface area (Å²) >= 11 is 6.13. The molecule has 0 bridgehead atoms. The third-order valence-corrected chi connectivity index (χ3v) is 4.63. The van der Waals surface area contributed by atoms with Crippen molar-refractivity contribution in [1.29, 1.82) is 0 Å². The van der Waals surface area contributed by atoms with Gasteiger partial charge < -0.3 is 9.15 Å². The van der Waals surface area contributed by atoms with Gasteiger partial charge in [0.05, 0.1) is 6.42 Å². The molecular weight excluding hydrogens is 387 g/mol. The molecule has 5 nitrogen and oxygen atoms in total. The lowest BCUT2D eigenvalue weighted by Crippen LogP contribution is -2.10. The van der Waals surface area contributed by atoms with Gasteiger partial charge in [0.25, 0.3) is 0 Å². The predicted molar refractivity (Wildman–Crippen MR) is 102 cm³/mol. The summed E-state index contributed by atoms with van der Waals surface area (Å²) in [5, 5.41) is 1.07. The van der Waals surface area contributed by atoms with Crippen LogP contribution in [0.25, 0.3) is 11.0 Å². The van der Waals surface area contributed by atoms with Crippen LogP contribution in [0.15, 0.2) is 51.7 Å². The maximum absolute atomic E-state index is 12.9. The van der Waals surface area contributed by atoms with Crippen molar-refractivity contribution in [3.8, 4) is 0 Å². The van der Waals surface area contributed by atoms with Gasteiger partial charge in [-0.2, -0.15) is 0 Å². The average molecular weight is 403 g/mol.